The number of para-hydroxylation sites is 1. The van der Waals surface area contributed by atoms with E-state index in [1.54, 1.807) is 0 Å². The normalized spacial score (nSPS) is 11.3. The van der Waals surface area contributed by atoms with Crippen molar-refractivity contribution in [3.8, 4) is 11.7 Å². The fraction of sp³-hybridized carbons (Fsp3) is 0.0769. The molecule has 4 rings (SSSR count). The van der Waals surface area contributed by atoms with Gasteiger partial charge in [0.05, 0.1) is 0 Å². The first-order valence-electron chi connectivity index (χ1n) is 6.08. The second kappa shape index (κ2) is 4.97. The van der Waals surface area contributed by atoms with E-state index in [9.17, 15) is 0 Å². The van der Waals surface area contributed by atoms with Crippen molar-refractivity contribution in [3.63, 3.8) is 0 Å². The van der Waals surface area contributed by atoms with E-state index in [2.05, 4.69) is 19.6 Å². The number of furan rings is 1. The van der Waals surface area contributed by atoms with Crippen LogP contribution in [-0.4, -0.2) is 19.6 Å². The standard InChI is InChI=1S/C13H8N4O2S2/c1-7-14-13(21-17-7)20-12-16-15-11(19-12)10-6-8-4-2-3-5-9(8)18-10/h2-6H,1H3. The van der Waals surface area contributed by atoms with E-state index in [4.69, 9.17) is 8.83 Å². The molecule has 0 aliphatic heterocycles. The highest BCUT2D eigenvalue weighted by Gasteiger charge is 2.15. The Bertz CT molecular complexity index is 879. The largest absolute Gasteiger partial charge is 0.451 e. The highest BCUT2D eigenvalue weighted by atomic mass is 32.2. The highest BCUT2D eigenvalue weighted by Crippen LogP contribution is 2.32. The lowest BCUT2D eigenvalue weighted by atomic mass is 10.2. The van der Waals surface area contributed by atoms with Crippen LogP contribution in [0.25, 0.3) is 22.6 Å². The first kappa shape index (κ1) is 12.5. The molecular formula is C13H8N4O2S2. The Morgan fingerprint density at radius 2 is 2.05 bits per heavy atom. The summed E-state index contributed by atoms with van der Waals surface area (Å²) in [4.78, 5) is 4.24. The number of aromatic nitrogens is 4. The number of hydrogen-bond donors (Lipinski definition) is 0. The van der Waals surface area contributed by atoms with Gasteiger partial charge in [-0.25, -0.2) is 4.98 Å². The number of fused-ring (bicyclic) bond motifs is 1. The molecule has 0 amide bonds. The third-order valence-corrected chi connectivity index (χ3v) is 4.41. The molecule has 0 radical (unpaired) electrons. The average molecular weight is 316 g/mol. The average Bonchev–Trinajstić information content (AvgIpc) is 3.18. The maximum absolute atomic E-state index is 5.69. The molecule has 0 saturated heterocycles. The summed E-state index contributed by atoms with van der Waals surface area (Å²) in [6, 6.07) is 9.62. The summed E-state index contributed by atoms with van der Waals surface area (Å²) in [5.74, 6) is 1.65. The molecule has 0 unspecified atom stereocenters. The number of hydrogen-bond acceptors (Lipinski definition) is 8. The molecule has 0 atom stereocenters. The predicted molar refractivity (Wildman–Crippen MR) is 78.3 cm³/mol. The third kappa shape index (κ3) is 2.43. The Morgan fingerprint density at radius 1 is 1.14 bits per heavy atom. The van der Waals surface area contributed by atoms with Gasteiger partial charge in [0, 0.05) is 17.1 Å². The maximum atomic E-state index is 5.69. The zero-order valence-electron chi connectivity index (χ0n) is 10.8. The lowest BCUT2D eigenvalue weighted by molar-refractivity contribution is 0.451. The Labute approximate surface area is 127 Å². The second-order valence-electron chi connectivity index (χ2n) is 4.23. The molecule has 104 valence electrons. The van der Waals surface area contributed by atoms with Crippen molar-refractivity contribution in [2.45, 2.75) is 16.5 Å². The van der Waals surface area contributed by atoms with E-state index in [0.717, 1.165) is 21.1 Å². The SMILES string of the molecule is Cc1nsc(Sc2nnc(-c3cc4ccccc4o3)o2)n1. The fourth-order valence-corrected chi connectivity index (χ4v) is 3.26. The number of benzene rings is 1. The van der Waals surface area contributed by atoms with Crippen molar-refractivity contribution in [1.29, 1.82) is 0 Å². The lowest BCUT2D eigenvalue weighted by Gasteiger charge is -1.87. The van der Waals surface area contributed by atoms with Gasteiger partial charge in [0.2, 0.25) is 0 Å². The van der Waals surface area contributed by atoms with Crippen LogP contribution >= 0.6 is 23.3 Å². The molecule has 1 aromatic carbocycles. The molecule has 3 heterocycles. The van der Waals surface area contributed by atoms with Crippen LogP contribution in [0.4, 0.5) is 0 Å². The van der Waals surface area contributed by atoms with Gasteiger partial charge in [0.15, 0.2) is 10.1 Å². The van der Waals surface area contributed by atoms with Gasteiger partial charge >= 0.3 is 0 Å². The predicted octanol–water partition coefficient (Wildman–Crippen LogP) is 3.79. The van der Waals surface area contributed by atoms with Gasteiger partial charge in [-0.05, 0) is 30.6 Å². The summed E-state index contributed by atoms with van der Waals surface area (Å²) < 4.78 is 16.2. The van der Waals surface area contributed by atoms with Gasteiger partial charge in [-0.2, -0.15) is 4.37 Å². The molecule has 0 bridgehead atoms. The van der Waals surface area contributed by atoms with Crippen LogP contribution in [-0.2, 0) is 0 Å². The minimum atomic E-state index is 0.356. The minimum Gasteiger partial charge on any atom is -0.451 e. The summed E-state index contributed by atoms with van der Waals surface area (Å²) in [6.45, 7) is 1.84. The van der Waals surface area contributed by atoms with Crippen LogP contribution in [0.2, 0.25) is 0 Å². The van der Waals surface area contributed by atoms with Crippen LogP contribution in [0.1, 0.15) is 5.82 Å². The molecule has 0 aliphatic rings. The Morgan fingerprint density at radius 3 is 2.86 bits per heavy atom. The monoisotopic (exact) mass is 316 g/mol. The van der Waals surface area contributed by atoms with Crippen LogP contribution in [0.3, 0.4) is 0 Å². The van der Waals surface area contributed by atoms with Crippen LogP contribution in [0, 0.1) is 6.92 Å². The van der Waals surface area contributed by atoms with Crippen molar-refractivity contribution >= 4 is 34.3 Å². The third-order valence-electron chi connectivity index (χ3n) is 2.73. The summed E-state index contributed by atoms with van der Waals surface area (Å²) >= 11 is 2.60. The van der Waals surface area contributed by atoms with Crippen LogP contribution in [0.15, 0.2) is 48.7 Å². The summed E-state index contributed by atoms with van der Waals surface area (Å²) in [5.41, 5.74) is 0.791. The molecule has 8 heteroatoms. The van der Waals surface area contributed by atoms with Gasteiger partial charge in [-0.1, -0.05) is 18.2 Å². The van der Waals surface area contributed by atoms with Crippen molar-refractivity contribution in [3.05, 3.63) is 36.2 Å². The molecule has 4 aromatic rings. The van der Waals surface area contributed by atoms with Crippen LogP contribution in [0.5, 0.6) is 0 Å². The first-order chi connectivity index (χ1) is 10.3. The summed E-state index contributed by atoms with van der Waals surface area (Å²) in [5, 5.41) is 9.42. The van der Waals surface area contributed by atoms with E-state index < -0.39 is 0 Å². The molecule has 0 saturated carbocycles. The van der Waals surface area contributed by atoms with Crippen molar-refractivity contribution in [2.75, 3.05) is 0 Å². The number of rotatable bonds is 3. The number of aryl methyl sites for hydroxylation is 1. The zero-order valence-corrected chi connectivity index (χ0v) is 12.4. The second-order valence-corrected chi connectivity index (χ2v) is 6.18. The molecule has 0 N–H and O–H groups in total. The Balaban J connectivity index is 1.64. The van der Waals surface area contributed by atoms with E-state index in [0.29, 0.717) is 16.9 Å². The molecule has 0 aliphatic carbocycles. The smallest absolute Gasteiger partial charge is 0.284 e. The Kier molecular flexibility index (Phi) is 2.97. The van der Waals surface area contributed by atoms with E-state index in [1.807, 2.05) is 37.3 Å². The first-order valence-corrected chi connectivity index (χ1v) is 7.67. The Hall–Kier alpha value is -2.19. The molecule has 21 heavy (non-hydrogen) atoms. The molecule has 0 spiro atoms. The van der Waals surface area contributed by atoms with Gasteiger partial charge in [-0.15, -0.1) is 10.2 Å². The summed E-state index contributed by atoms with van der Waals surface area (Å²) in [6.07, 6.45) is 0. The van der Waals surface area contributed by atoms with Crippen LogP contribution < -0.4 is 0 Å². The van der Waals surface area contributed by atoms with Gasteiger partial charge in [-0.3, -0.25) is 0 Å². The van der Waals surface area contributed by atoms with Gasteiger partial charge in [0.1, 0.15) is 11.4 Å². The van der Waals surface area contributed by atoms with E-state index in [1.165, 1.54) is 23.3 Å². The van der Waals surface area contributed by atoms with E-state index >= 15 is 0 Å². The minimum absolute atomic E-state index is 0.356. The quantitative estimate of drug-likeness (QED) is 0.569. The maximum Gasteiger partial charge on any atom is 0.284 e. The molecule has 6 nitrogen and oxygen atoms in total. The topological polar surface area (TPSA) is 77.8 Å². The molecular weight excluding hydrogens is 308 g/mol. The molecule has 3 aromatic heterocycles. The number of nitrogens with zero attached hydrogens (tertiary/aromatic N) is 4. The van der Waals surface area contributed by atoms with Gasteiger partial charge in [0.25, 0.3) is 11.1 Å². The van der Waals surface area contributed by atoms with Crippen molar-refractivity contribution in [1.82, 2.24) is 19.6 Å². The fourth-order valence-electron chi connectivity index (χ4n) is 1.83. The zero-order chi connectivity index (χ0) is 14.2. The highest BCUT2D eigenvalue weighted by molar-refractivity contribution is 8.00. The summed E-state index contributed by atoms with van der Waals surface area (Å²) in [7, 11) is 0. The van der Waals surface area contributed by atoms with E-state index in [-0.39, 0.29) is 0 Å². The van der Waals surface area contributed by atoms with Crippen molar-refractivity contribution < 1.29 is 8.83 Å². The molecule has 0 fully saturated rings. The van der Waals surface area contributed by atoms with Crippen molar-refractivity contribution in [2.24, 2.45) is 0 Å². The van der Waals surface area contributed by atoms with Gasteiger partial charge < -0.3 is 8.83 Å². The lowest BCUT2D eigenvalue weighted by Crippen LogP contribution is -1.74.